The number of aryl methyl sites for hydroxylation is 1. The van der Waals surface area contributed by atoms with E-state index in [0.29, 0.717) is 0 Å². The van der Waals surface area contributed by atoms with Crippen LogP contribution < -0.4 is 10.1 Å². The summed E-state index contributed by atoms with van der Waals surface area (Å²) in [5.74, 6) is 0.791. The molecule has 0 aliphatic carbocycles. The van der Waals surface area contributed by atoms with E-state index in [1.807, 2.05) is 22.6 Å². The molecule has 0 saturated carbocycles. The standard InChI is InChI=1S/C11H16N4OS/c1-4-15-11(9(16-3)5-14-15)10(12-2)8-6-17-7-13-8/h5-7,10,12H,4H2,1-3H3. The van der Waals surface area contributed by atoms with Crippen LogP contribution in [0.1, 0.15) is 24.4 Å². The molecule has 0 fully saturated rings. The summed E-state index contributed by atoms with van der Waals surface area (Å²) < 4.78 is 7.29. The predicted octanol–water partition coefficient (Wildman–Crippen LogP) is 1.68. The monoisotopic (exact) mass is 252 g/mol. The molecule has 17 heavy (non-hydrogen) atoms. The van der Waals surface area contributed by atoms with Crippen LogP contribution >= 0.6 is 11.3 Å². The molecule has 0 radical (unpaired) electrons. The Labute approximate surface area is 104 Å². The number of rotatable bonds is 5. The number of thiazole rings is 1. The van der Waals surface area contributed by atoms with Crippen LogP contribution in [0.2, 0.25) is 0 Å². The largest absolute Gasteiger partial charge is 0.493 e. The molecule has 0 aromatic carbocycles. The van der Waals surface area contributed by atoms with Gasteiger partial charge in [0.2, 0.25) is 0 Å². The summed E-state index contributed by atoms with van der Waals surface area (Å²) in [4.78, 5) is 4.35. The zero-order valence-electron chi connectivity index (χ0n) is 10.2. The van der Waals surface area contributed by atoms with Gasteiger partial charge in [0.1, 0.15) is 5.69 Å². The van der Waals surface area contributed by atoms with E-state index >= 15 is 0 Å². The van der Waals surface area contributed by atoms with Gasteiger partial charge < -0.3 is 10.1 Å². The molecule has 0 saturated heterocycles. The van der Waals surface area contributed by atoms with E-state index < -0.39 is 0 Å². The summed E-state index contributed by atoms with van der Waals surface area (Å²) in [7, 11) is 3.57. The van der Waals surface area contributed by atoms with Crippen LogP contribution in [0.25, 0.3) is 0 Å². The Balaban J connectivity index is 2.46. The third kappa shape index (κ3) is 2.18. The van der Waals surface area contributed by atoms with Crippen LogP contribution in [0.4, 0.5) is 0 Å². The summed E-state index contributed by atoms with van der Waals surface area (Å²) >= 11 is 1.59. The predicted molar refractivity (Wildman–Crippen MR) is 67.5 cm³/mol. The van der Waals surface area contributed by atoms with E-state index in [1.54, 1.807) is 24.6 Å². The first-order valence-electron chi connectivity index (χ1n) is 5.46. The van der Waals surface area contributed by atoms with Crippen molar-refractivity contribution in [2.75, 3.05) is 14.2 Å². The van der Waals surface area contributed by atoms with E-state index in [0.717, 1.165) is 23.7 Å². The Bertz CT molecular complexity index is 444. The maximum Gasteiger partial charge on any atom is 0.161 e. The number of methoxy groups -OCH3 is 1. The van der Waals surface area contributed by atoms with E-state index in [4.69, 9.17) is 4.74 Å². The van der Waals surface area contributed by atoms with Gasteiger partial charge in [-0.3, -0.25) is 4.68 Å². The highest BCUT2D eigenvalue weighted by Crippen LogP contribution is 2.29. The molecule has 2 aromatic heterocycles. The van der Waals surface area contributed by atoms with Crippen molar-refractivity contribution in [3.05, 3.63) is 28.5 Å². The Morgan fingerprint density at radius 3 is 2.94 bits per heavy atom. The van der Waals surface area contributed by atoms with Gasteiger partial charge in [0.25, 0.3) is 0 Å². The quantitative estimate of drug-likeness (QED) is 0.879. The lowest BCUT2D eigenvalue weighted by atomic mass is 10.1. The van der Waals surface area contributed by atoms with Crippen molar-refractivity contribution >= 4 is 11.3 Å². The van der Waals surface area contributed by atoms with Crippen LogP contribution in [0.15, 0.2) is 17.1 Å². The van der Waals surface area contributed by atoms with Gasteiger partial charge in [-0.25, -0.2) is 4.98 Å². The van der Waals surface area contributed by atoms with Gasteiger partial charge in [-0.2, -0.15) is 5.10 Å². The third-order valence-electron chi connectivity index (χ3n) is 2.67. The molecule has 0 aliphatic rings. The van der Waals surface area contributed by atoms with Gasteiger partial charge in [0, 0.05) is 11.9 Å². The maximum atomic E-state index is 5.36. The maximum absolute atomic E-state index is 5.36. The van der Waals surface area contributed by atoms with Crippen LogP contribution in [0, 0.1) is 0 Å². The van der Waals surface area contributed by atoms with Crippen molar-refractivity contribution in [2.24, 2.45) is 0 Å². The van der Waals surface area contributed by atoms with Crippen molar-refractivity contribution in [2.45, 2.75) is 19.5 Å². The summed E-state index contributed by atoms with van der Waals surface area (Å²) in [6, 6.07) is 0.0126. The fourth-order valence-corrected chi connectivity index (χ4v) is 2.45. The molecule has 0 spiro atoms. The lowest BCUT2D eigenvalue weighted by Gasteiger charge is -2.16. The molecule has 2 aromatic rings. The lowest BCUT2D eigenvalue weighted by Crippen LogP contribution is -2.22. The molecule has 2 rings (SSSR count). The van der Waals surface area contributed by atoms with Crippen molar-refractivity contribution in [1.82, 2.24) is 20.1 Å². The highest BCUT2D eigenvalue weighted by Gasteiger charge is 2.23. The number of ether oxygens (including phenoxy) is 1. The number of hydrogen-bond acceptors (Lipinski definition) is 5. The van der Waals surface area contributed by atoms with E-state index in [2.05, 4.69) is 22.3 Å². The summed E-state index contributed by atoms with van der Waals surface area (Å²) in [6.45, 7) is 2.87. The molecule has 0 amide bonds. The van der Waals surface area contributed by atoms with Crippen molar-refractivity contribution in [3.8, 4) is 5.75 Å². The highest BCUT2D eigenvalue weighted by atomic mass is 32.1. The highest BCUT2D eigenvalue weighted by molar-refractivity contribution is 7.07. The van der Waals surface area contributed by atoms with Gasteiger partial charge >= 0.3 is 0 Å². The fraction of sp³-hybridized carbons (Fsp3) is 0.455. The van der Waals surface area contributed by atoms with E-state index in [-0.39, 0.29) is 6.04 Å². The van der Waals surface area contributed by atoms with Crippen LogP contribution in [0.5, 0.6) is 5.75 Å². The molecular weight excluding hydrogens is 236 g/mol. The van der Waals surface area contributed by atoms with Gasteiger partial charge in [-0.1, -0.05) is 0 Å². The topological polar surface area (TPSA) is 52.0 Å². The SMILES string of the molecule is CCn1ncc(OC)c1C(NC)c1cscn1. The smallest absolute Gasteiger partial charge is 0.161 e. The first kappa shape index (κ1) is 12.1. The minimum atomic E-state index is 0.0126. The van der Waals surface area contributed by atoms with E-state index in [9.17, 15) is 0 Å². The minimum absolute atomic E-state index is 0.0126. The minimum Gasteiger partial charge on any atom is -0.493 e. The zero-order valence-corrected chi connectivity index (χ0v) is 11.0. The summed E-state index contributed by atoms with van der Waals surface area (Å²) in [6.07, 6.45) is 1.75. The molecule has 2 heterocycles. The molecule has 6 heteroatoms. The fourth-order valence-electron chi connectivity index (χ4n) is 1.87. The number of nitrogens with zero attached hydrogens (tertiary/aromatic N) is 3. The number of hydrogen-bond donors (Lipinski definition) is 1. The van der Waals surface area contributed by atoms with Crippen LogP contribution in [-0.2, 0) is 6.54 Å². The molecule has 5 nitrogen and oxygen atoms in total. The molecule has 1 atom stereocenters. The Hall–Kier alpha value is -1.40. The normalized spacial score (nSPS) is 12.6. The molecule has 92 valence electrons. The Morgan fingerprint density at radius 1 is 1.59 bits per heavy atom. The molecule has 0 aliphatic heterocycles. The van der Waals surface area contributed by atoms with Crippen molar-refractivity contribution < 1.29 is 4.74 Å². The van der Waals surface area contributed by atoms with E-state index in [1.165, 1.54) is 0 Å². The average molecular weight is 252 g/mol. The third-order valence-corrected chi connectivity index (χ3v) is 3.28. The van der Waals surface area contributed by atoms with Gasteiger partial charge in [0.05, 0.1) is 30.6 Å². The second-order valence-corrected chi connectivity index (χ2v) is 4.27. The van der Waals surface area contributed by atoms with Crippen LogP contribution in [0.3, 0.4) is 0 Å². The molecular formula is C11H16N4OS. The number of aromatic nitrogens is 3. The number of nitrogens with one attached hydrogen (secondary N) is 1. The Kier molecular flexibility index (Phi) is 3.75. The van der Waals surface area contributed by atoms with Crippen molar-refractivity contribution in [3.63, 3.8) is 0 Å². The summed E-state index contributed by atoms with van der Waals surface area (Å²) in [5, 5.41) is 9.61. The Morgan fingerprint density at radius 2 is 2.41 bits per heavy atom. The zero-order chi connectivity index (χ0) is 12.3. The van der Waals surface area contributed by atoms with Gasteiger partial charge in [0.15, 0.2) is 5.75 Å². The summed E-state index contributed by atoms with van der Waals surface area (Å²) in [5.41, 5.74) is 3.84. The molecule has 1 N–H and O–H groups in total. The van der Waals surface area contributed by atoms with Gasteiger partial charge in [-0.05, 0) is 14.0 Å². The average Bonchev–Trinajstić information content (AvgIpc) is 2.99. The lowest BCUT2D eigenvalue weighted by molar-refractivity contribution is 0.400. The first-order chi connectivity index (χ1) is 8.31. The van der Waals surface area contributed by atoms with Crippen molar-refractivity contribution in [1.29, 1.82) is 0 Å². The molecule has 0 bridgehead atoms. The second-order valence-electron chi connectivity index (χ2n) is 3.55. The van der Waals surface area contributed by atoms with Crippen LogP contribution in [-0.4, -0.2) is 28.9 Å². The molecule has 1 unspecified atom stereocenters. The first-order valence-corrected chi connectivity index (χ1v) is 6.41. The van der Waals surface area contributed by atoms with Gasteiger partial charge in [-0.15, -0.1) is 11.3 Å². The second kappa shape index (κ2) is 5.29.